The zero-order valence-corrected chi connectivity index (χ0v) is 12.6. The van der Waals surface area contributed by atoms with Gasteiger partial charge in [-0.1, -0.05) is 0 Å². The van der Waals surface area contributed by atoms with Crippen LogP contribution in [-0.2, 0) is 0 Å². The first-order valence-electron chi connectivity index (χ1n) is 5.75. The number of hydrogen-bond acceptors (Lipinski definition) is 2. The first kappa shape index (κ1) is 13.9. The Balaban J connectivity index is 0.00000133. The van der Waals surface area contributed by atoms with Gasteiger partial charge in [0.2, 0.25) is 0 Å². The molecule has 0 spiro atoms. The molecule has 4 heteroatoms. The third kappa shape index (κ3) is 3.48. The summed E-state index contributed by atoms with van der Waals surface area (Å²) >= 11 is 0.293. The van der Waals surface area contributed by atoms with Gasteiger partial charge in [0.1, 0.15) is 0 Å². The van der Waals surface area contributed by atoms with E-state index in [-0.39, 0.29) is 12.4 Å². The maximum atomic E-state index is 4.65. The summed E-state index contributed by atoms with van der Waals surface area (Å²) in [6.07, 6.45) is 0. The molecule has 0 amide bonds. The Bertz CT molecular complexity index is 623. The van der Waals surface area contributed by atoms with Gasteiger partial charge in [0.25, 0.3) is 0 Å². The molecule has 2 aromatic carbocycles. The van der Waals surface area contributed by atoms with Gasteiger partial charge in [-0.05, 0) is 0 Å². The van der Waals surface area contributed by atoms with Gasteiger partial charge in [-0.3, -0.25) is 0 Å². The molecule has 1 N–H and O–H groups in total. The number of benzene rings is 2. The van der Waals surface area contributed by atoms with E-state index in [0.29, 0.717) is 14.5 Å². The van der Waals surface area contributed by atoms with Crippen LogP contribution in [0.3, 0.4) is 0 Å². The van der Waals surface area contributed by atoms with Crippen molar-refractivity contribution in [1.29, 1.82) is 0 Å². The summed E-state index contributed by atoms with van der Waals surface area (Å²) in [6, 6.07) is 20.5. The number of rotatable bonds is 3. The van der Waals surface area contributed by atoms with Crippen molar-refractivity contribution in [3.05, 3.63) is 65.6 Å². The van der Waals surface area contributed by atoms with Crippen molar-refractivity contribution in [2.24, 2.45) is 0 Å². The fourth-order valence-electron chi connectivity index (χ4n) is 1.72. The normalized spacial score (nSPS) is 9.68. The zero-order chi connectivity index (χ0) is 12.2. The monoisotopic (exact) mass is 336 g/mol. The van der Waals surface area contributed by atoms with E-state index in [2.05, 4.69) is 39.5 Å². The first-order chi connectivity index (χ1) is 8.92. The summed E-state index contributed by atoms with van der Waals surface area (Å²) < 4.78 is 1.06. The third-order valence-corrected chi connectivity index (χ3v) is 4.19. The Labute approximate surface area is 124 Å². The van der Waals surface area contributed by atoms with Crippen molar-refractivity contribution >= 4 is 37.3 Å². The molecule has 2 nitrogen and oxygen atoms in total. The van der Waals surface area contributed by atoms with E-state index in [1.807, 2.05) is 36.4 Å². The van der Waals surface area contributed by atoms with E-state index >= 15 is 0 Å². The molecule has 0 bridgehead atoms. The van der Waals surface area contributed by atoms with Gasteiger partial charge in [0.15, 0.2) is 0 Å². The first-order valence-corrected chi connectivity index (χ1v) is 7.59. The van der Waals surface area contributed by atoms with E-state index < -0.39 is 0 Å². The Morgan fingerprint density at radius 1 is 0.842 bits per heavy atom. The fraction of sp³-hybridized carbons (Fsp3) is 0. The fourth-order valence-corrected chi connectivity index (χ4v) is 3.27. The average Bonchev–Trinajstić information content (AvgIpc) is 2.89. The standard InChI is InChI=1S/C15H12N2Se.ClH/c1-3-7-12(8-4-1)14-11-18-15(17-14)16-13-9-5-2-6-10-13;/h1-11H,(H,16,17);1H. The molecule has 3 rings (SSSR count). The summed E-state index contributed by atoms with van der Waals surface area (Å²) in [6.45, 7) is 0. The van der Waals surface area contributed by atoms with Crippen molar-refractivity contribution in [2.45, 2.75) is 0 Å². The third-order valence-electron chi connectivity index (χ3n) is 2.60. The summed E-state index contributed by atoms with van der Waals surface area (Å²) in [4.78, 5) is 6.86. The van der Waals surface area contributed by atoms with Gasteiger partial charge in [-0.25, -0.2) is 0 Å². The topological polar surface area (TPSA) is 24.9 Å². The number of anilines is 2. The number of nitrogens with one attached hydrogen (secondary N) is 1. The molecule has 1 aromatic heterocycles. The van der Waals surface area contributed by atoms with Crippen LogP contribution in [0.1, 0.15) is 0 Å². The quantitative estimate of drug-likeness (QED) is 0.733. The van der Waals surface area contributed by atoms with E-state index in [1.165, 1.54) is 5.56 Å². The van der Waals surface area contributed by atoms with E-state index in [1.54, 1.807) is 0 Å². The van der Waals surface area contributed by atoms with E-state index in [4.69, 9.17) is 0 Å². The summed E-state index contributed by atoms with van der Waals surface area (Å²) in [5, 5.41) is 3.37. The number of para-hydroxylation sites is 1. The van der Waals surface area contributed by atoms with E-state index in [0.717, 1.165) is 16.1 Å². The van der Waals surface area contributed by atoms with Crippen LogP contribution >= 0.6 is 12.4 Å². The molecule has 0 unspecified atom stereocenters. The second-order valence-electron chi connectivity index (χ2n) is 3.89. The van der Waals surface area contributed by atoms with Crippen molar-refractivity contribution < 1.29 is 0 Å². The summed E-state index contributed by atoms with van der Waals surface area (Å²) in [5.74, 6) is 0. The molecule has 1 heterocycles. The van der Waals surface area contributed by atoms with Crippen LogP contribution in [0.4, 0.5) is 10.4 Å². The molecule has 0 atom stereocenters. The maximum absolute atomic E-state index is 4.65. The van der Waals surface area contributed by atoms with Crippen LogP contribution in [-0.4, -0.2) is 19.5 Å². The predicted molar refractivity (Wildman–Crippen MR) is 83.6 cm³/mol. The van der Waals surface area contributed by atoms with Crippen molar-refractivity contribution in [3.63, 3.8) is 0 Å². The van der Waals surface area contributed by atoms with Gasteiger partial charge >= 0.3 is 112 Å². The minimum absolute atomic E-state index is 0. The van der Waals surface area contributed by atoms with Gasteiger partial charge in [0.05, 0.1) is 0 Å². The zero-order valence-electron chi connectivity index (χ0n) is 10.1. The molecule has 0 saturated carbocycles. The molecule has 3 aromatic rings. The van der Waals surface area contributed by atoms with Crippen LogP contribution in [0.2, 0.25) is 0 Å². The van der Waals surface area contributed by atoms with Crippen LogP contribution < -0.4 is 5.32 Å². The predicted octanol–water partition coefficient (Wildman–Crippen LogP) is 3.97. The van der Waals surface area contributed by atoms with Crippen LogP contribution in [0.5, 0.6) is 0 Å². The van der Waals surface area contributed by atoms with Crippen molar-refractivity contribution in [2.75, 3.05) is 5.32 Å². The molecular formula is C15H13ClN2Se. The second-order valence-corrected chi connectivity index (χ2v) is 5.70. The molecule has 96 valence electrons. The molecule has 0 fully saturated rings. The summed E-state index contributed by atoms with van der Waals surface area (Å²) in [7, 11) is 0. The molecule has 0 aliphatic carbocycles. The molecular weight excluding hydrogens is 323 g/mol. The minimum atomic E-state index is 0. The Hall–Kier alpha value is -1.54. The number of aromatic nitrogens is 1. The number of hydrogen-bond donors (Lipinski definition) is 1. The molecule has 0 saturated heterocycles. The number of nitrogens with zero attached hydrogens (tertiary/aromatic N) is 1. The Morgan fingerprint density at radius 2 is 1.47 bits per heavy atom. The van der Waals surface area contributed by atoms with Crippen LogP contribution in [0, 0.1) is 0 Å². The van der Waals surface area contributed by atoms with Crippen LogP contribution in [0.25, 0.3) is 11.3 Å². The van der Waals surface area contributed by atoms with Crippen LogP contribution in [0.15, 0.2) is 65.6 Å². The van der Waals surface area contributed by atoms with Gasteiger partial charge in [-0.15, -0.1) is 12.4 Å². The SMILES string of the molecule is Cl.c1ccc(Nc2nc(-c3ccccc3)c[se]2)cc1. The molecule has 0 aliphatic rings. The van der Waals surface area contributed by atoms with Gasteiger partial charge < -0.3 is 0 Å². The van der Waals surface area contributed by atoms with Gasteiger partial charge in [-0.2, -0.15) is 0 Å². The molecule has 0 aliphatic heterocycles. The van der Waals surface area contributed by atoms with Crippen molar-refractivity contribution in [1.82, 2.24) is 4.98 Å². The number of halogens is 1. The Morgan fingerprint density at radius 3 is 2.16 bits per heavy atom. The second kappa shape index (κ2) is 6.58. The Kier molecular flexibility index (Phi) is 4.80. The summed E-state index contributed by atoms with van der Waals surface area (Å²) in [5.41, 5.74) is 3.36. The average molecular weight is 336 g/mol. The molecule has 19 heavy (non-hydrogen) atoms. The van der Waals surface area contributed by atoms with E-state index in [9.17, 15) is 0 Å². The van der Waals surface area contributed by atoms with Gasteiger partial charge in [0, 0.05) is 0 Å². The molecule has 0 radical (unpaired) electrons. The van der Waals surface area contributed by atoms with Crippen molar-refractivity contribution in [3.8, 4) is 11.3 Å².